The maximum absolute atomic E-state index is 12.2. The van der Waals surface area contributed by atoms with E-state index in [0.717, 1.165) is 0 Å². The fourth-order valence-electron chi connectivity index (χ4n) is 2.39. The molecule has 0 aromatic heterocycles. The maximum atomic E-state index is 12.2. The lowest BCUT2D eigenvalue weighted by Crippen LogP contribution is -2.46. The number of nitrogens with one attached hydrogen (secondary N) is 3. The summed E-state index contributed by atoms with van der Waals surface area (Å²) in [6, 6.07) is 24.3. The van der Waals surface area contributed by atoms with Crippen LogP contribution in [0, 0.1) is 0 Å². The molecule has 3 aromatic rings. The van der Waals surface area contributed by atoms with Gasteiger partial charge in [0, 0.05) is 11.1 Å². The van der Waals surface area contributed by atoms with Crippen LogP contribution in [0.3, 0.4) is 0 Å². The Morgan fingerprint density at radius 2 is 1.17 bits per heavy atom. The second-order valence-electron chi connectivity index (χ2n) is 5.99. The minimum absolute atomic E-state index is 0.282. The first-order valence-electron chi connectivity index (χ1n) is 8.87. The fourth-order valence-corrected chi connectivity index (χ4v) is 2.39. The van der Waals surface area contributed by atoms with E-state index >= 15 is 0 Å². The van der Waals surface area contributed by atoms with Gasteiger partial charge >= 0.3 is 0 Å². The Hall–Kier alpha value is -4.13. The van der Waals surface area contributed by atoms with Gasteiger partial charge in [-0.25, -0.2) is 0 Å². The molecular formula is C22H19N3O4. The van der Waals surface area contributed by atoms with Gasteiger partial charge in [0.25, 0.3) is 17.7 Å². The van der Waals surface area contributed by atoms with Crippen molar-refractivity contribution in [1.82, 2.24) is 16.2 Å². The SMILES string of the molecule is O=C(CNC(=O)c1ccc(Oc2ccccc2)cc1)NNC(=O)c1ccccc1. The molecule has 0 saturated carbocycles. The molecule has 0 radical (unpaired) electrons. The molecule has 0 spiro atoms. The molecule has 3 rings (SSSR count). The summed E-state index contributed by atoms with van der Waals surface area (Å²) >= 11 is 0. The Kier molecular flexibility index (Phi) is 6.57. The number of carbonyl (C=O) groups excluding carboxylic acids is 3. The van der Waals surface area contributed by atoms with E-state index < -0.39 is 17.7 Å². The van der Waals surface area contributed by atoms with Gasteiger partial charge in [-0.3, -0.25) is 25.2 Å². The molecule has 0 atom stereocenters. The number of hydrazine groups is 1. The van der Waals surface area contributed by atoms with Gasteiger partial charge in [0.15, 0.2) is 0 Å². The smallest absolute Gasteiger partial charge is 0.269 e. The average Bonchev–Trinajstić information content (AvgIpc) is 2.77. The molecule has 0 bridgehead atoms. The first-order chi connectivity index (χ1) is 14.1. The van der Waals surface area contributed by atoms with Crippen molar-refractivity contribution in [3.63, 3.8) is 0 Å². The molecule has 3 amide bonds. The normalized spacial score (nSPS) is 9.93. The highest BCUT2D eigenvalue weighted by atomic mass is 16.5. The summed E-state index contributed by atoms with van der Waals surface area (Å²) in [5.41, 5.74) is 5.33. The average molecular weight is 389 g/mol. The van der Waals surface area contributed by atoms with E-state index in [4.69, 9.17) is 4.74 Å². The van der Waals surface area contributed by atoms with Crippen molar-refractivity contribution in [2.24, 2.45) is 0 Å². The van der Waals surface area contributed by atoms with Gasteiger partial charge in [0.2, 0.25) is 0 Å². The molecular weight excluding hydrogens is 370 g/mol. The molecule has 0 unspecified atom stereocenters. The highest BCUT2D eigenvalue weighted by molar-refractivity contribution is 5.98. The summed E-state index contributed by atoms with van der Waals surface area (Å²) in [6.45, 7) is -0.282. The standard InChI is InChI=1S/C22H19N3O4/c26-20(24-25-22(28)16-7-3-1-4-8-16)15-23-21(27)17-11-13-19(14-12-17)29-18-9-5-2-6-10-18/h1-14H,15H2,(H,23,27)(H,24,26)(H,25,28). The molecule has 7 heteroatoms. The van der Waals surface area contributed by atoms with Crippen LogP contribution in [0.15, 0.2) is 84.9 Å². The number of amides is 3. The van der Waals surface area contributed by atoms with Crippen LogP contribution in [0.25, 0.3) is 0 Å². The van der Waals surface area contributed by atoms with Crippen LogP contribution >= 0.6 is 0 Å². The van der Waals surface area contributed by atoms with Crippen LogP contribution in [0.5, 0.6) is 11.5 Å². The minimum atomic E-state index is -0.549. The highest BCUT2D eigenvalue weighted by Crippen LogP contribution is 2.21. The molecule has 146 valence electrons. The molecule has 7 nitrogen and oxygen atoms in total. The van der Waals surface area contributed by atoms with E-state index in [-0.39, 0.29) is 6.54 Å². The Labute approximate surface area is 167 Å². The number of carbonyl (C=O) groups is 3. The van der Waals surface area contributed by atoms with Crippen LogP contribution in [0.1, 0.15) is 20.7 Å². The zero-order valence-electron chi connectivity index (χ0n) is 15.4. The Morgan fingerprint density at radius 1 is 0.621 bits per heavy atom. The predicted octanol–water partition coefficient (Wildman–Crippen LogP) is 2.67. The lowest BCUT2D eigenvalue weighted by atomic mass is 10.2. The third-order valence-electron chi connectivity index (χ3n) is 3.86. The maximum Gasteiger partial charge on any atom is 0.269 e. The van der Waals surface area contributed by atoms with Crippen LogP contribution in [0.4, 0.5) is 0 Å². The molecule has 3 N–H and O–H groups in total. The van der Waals surface area contributed by atoms with E-state index in [1.54, 1.807) is 54.6 Å². The van der Waals surface area contributed by atoms with Crippen molar-refractivity contribution in [2.75, 3.05) is 6.54 Å². The van der Waals surface area contributed by atoms with Crippen molar-refractivity contribution in [2.45, 2.75) is 0 Å². The zero-order valence-corrected chi connectivity index (χ0v) is 15.4. The van der Waals surface area contributed by atoms with Crippen LogP contribution < -0.4 is 20.9 Å². The van der Waals surface area contributed by atoms with Gasteiger partial charge in [0.05, 0.1) is 6.54 Å². The van der Waals surface area contributed by atoms with Gasteiger partial charge in [-0.05, 0) is 48.5 Å². The number of para-hydroxylation sites is 1. The number of rotatable bonds is 6. The Morgan fingerprint density at radius 3 is 1.83 bits per heavy atom. The first kappa shape index (κ1) is 19.6. The van der Waals surface area contributed by atoms with Crippen LogP contribution in [-0.2, 0) is 4.79 Å². The van der Waals surface area contributed by atoms with Gasteiger partial charge in [0.1, 0.15) is 11.5 Å². The van der Waals surface area contributed by atoms with Crippen LogP contribution in [0.2, 0.25) is 0 Å². The van der Waals surface area contributed by atoms with E-state index in [2.05, 4.69) is 16.2 Å². The predicted molar refractivity (Wildman–Crippen MR) is 107 cm³/mol. The summed E-state index contributed by atoms with van der Waals surface area (Å²) in [7, 11) is 0. The van der Waals surface area contributed by atoms with E-state index in [0.29, 0.717) is 22.6 Å². The minimum Gasteiger partial charge on any atom is -0.457 e. The van der Waals surface area contributed by atoms with Crippen molar-refractivity contribution in [3.8, 4) is 11.5 Å². The van der Waals surface area contributed by atoms with Gasteiger partial charge in [-0.1, -0.05) is 36.4 Å². The second-order valence-corrected chi connectivity index (χ2v) is 5.99. The van der Waals surface area contributed by atoms with E-state index in [9.17, 15) is 14.4 Å². The topological polar surface area (TPSA) is 96.5 Å². The molecule has 29 heavy (non-hydrogen) atoms. The molecule has 0 saturated heterocycles. The largest absolute Gasteiger partial charge is 0.457 e. The van der Waals surface area contributed by atoms with E-state index in [1.165, 1.54) is 0 Å². The third kappa shape index (κ3) is 5.93. The van der Waals surface area contributed by atoms with Crippen molar-refractivity contribution in [1.29, 1.82) is 0 Å². The van der Waals surface area contributed by atoms with Crippen molar-refractivity contribution < 1.29 is 19.1 Å². The molecule has 0 aliphatic rings. The molecule has 0 heterocycles. The number of benzene rings is 3. The summed E-state index contributed by atoms with van der Waals surface area (Å²) < 4.78 is 5.67. The van der Waals surface area contributed by atoms with Gasteiger partial charge in [-0.2, -0.15) is 0 Å². The summed E-state index contributed by atoms with van der Waals surface area (Å²) in [6.07, 6.45) is 0. The number of hydrogen-bond acceptors (Lipinski definition) is 4. The molecule has 3 aromatic carbocycles. The summed E-state index contributed by atoms with van der Waals surface area (Å²) in [5.74, 6) is -0.125. The Bertz CT molecular complexity index is 974. The lowest BCUT2D eigenvalue weighted by molar-refractivity contribution is -0.120. The van der Waals surface area contributed by atoms with E-state index in [1.807, 2.05) is 30.3 Å². The third-order valence-corrected chi connectivity index (χ3v) is 3.86. The monoisotopic (exact) mass is 389 g/mol. The zero-order chi connectivity index (χ0) is 20.5. The first-order valence-corrected chi connectivity index (χ1v) is 8.87. The molecule has 0 aliphatic carbocycles. The number of ether oxygens (including phenoxy) is 1. The summed E-state index contributed by atoms with van der Waals surface area (Å²) in [4.78, 5) is 35.8. The highest BCUT2D eigenvalue weighted by Gasteiger charge is 2.10. The lowest BCUT2D eigenvalue weighted by Gasteiger charge is -2.09. The quantitative estimate of drug-likeness (QED) is 0.565. The van der Waals surface area contributed by atoms with Crippen molar-refractivity contribution >= 4 is 17.7 Å². The van der Waals surface area contributed by atoms with Gasteiger partial charge < -0.3 is 10.1 Å². The fraction of sp³-hybridized carbons (Fsp3) is 0.0455. The molecule has 0 fully saturated rings. The van der Waals surface area contributed by atoms with Gasteiger partial charge in [-0.15, -0.1) is 0 Å². The second kappa shape index (κ2) is 9.70. The van der Waals surface area contributed by atoms with Crippen LogP contribution in [-0.4, -0.2) is 24.3 Å². The molecule has 0 aliphatic heterocycles. The summed E-state index contributed by atoms with van der Waals surface area (Å²) in [5, 5.41) is 2.49. The number of hydrogen-bond donors (Lipinski definition) is 3. The Balaban J connectivity index is 1.44. The van der Waals surface area contributed by atoms with Crippen molar-refractivity contribution in [3.05, 3.63) is 96.1 Å².